The lowest BCUT2D eigenvalue weighted by Crippen LogP contribution is -2.45. The summed E-state index contributed by atoms with van der Waals surface area (Å²) in [5.41, 5.74) is 0. The van der Waals surface area contributed by atoms with Gasteiger partial charge in [0.15, 0.2) is 0 Å². The molecule has 3 aliphatic rings. The zero-order chi connectivity index (χ0) is 21.3. The third kappa shape index (κ3) is 11.5. The molecule has 3 aliphatic carbocycles. The highest BCUT2D eigenvalue weighted by Gasteiger charge is 2.41. The average molecular weight is 423 g/mol. The van der Waals surface area contributed by atoms with Crippen molar-refractivity contribution in [2.45, 2.75) is 160 Å². The van der Waals surface area contributed by atoms with E-state index in [9.17, 15) is 5.11 Å². The van der Waals surface area contributed by atoms with Gasteiger partial charge >= 0.3 is 0 Å². The first kappa shape index (κ1) is 26.2. The summed E-state index contributed by atoms with van der Waals surface area (Å²) in [6, 6.07) is 0. The van der Waals surface area contributed by atoms with Crippen LogP contribution in [0.2, 0.25) is 0 Å². The largest absolute Gasteiger partial charge is 0.393 e. The van der Waals surface area contributed by atoms with Gasteiger partial charge in [0.25, 0.3) is 0 Å². The molecule has 0 aromatic rings. The van der Waals surface area contributed by atoms with Crippen LogP contribution in [0.1, 0.15) is 148 Å². The van der Waals surface area contributed by atoms with E-state index in [1.165, 1.54) is 135 Å². The van der Waals surface area contributed by atoms with Crippen molar-refractivity contribution >= 4 is 0 Å². The van der Waals surface area contributed by atoms with Crippen LogP contribution >= 0.6 is 0 Å². The molecule has 30 heavy (non-hydrogen) atoms. The van der Waals surface area contributed by atoms with Crippen molar-refractivity contribution in [1.82, 2.24) is 0 Å². The van der Waals surface area contributed by atoms with Gasteiger partial charge in [-0.15, -0.1) is 0 Å². The van der Waals surface area contributed by atoms with Crippen molar-refractivity contribution in [3.05, 3.63) is 0 Å². The summed E-state index contributed by atoms with van der Waals surface area (Å²) in [5.74, 6) is 1.17. The van der Waals surface area contributed by atoms with E-state index in [2.05, 4.69) is 6.92 Å². The van der Waals surface area contributed by atoms with Gasteiger partial charge in [-0.05, 0) is 38.0 Å². The van der Waals surface area contributed by atoms with Crippen molar-refractivity contribution in [1.29, 1.82) is 0 Å². The zero-order valence-electron chi connectivity index (χ0n) is 20.4. The number of hydrogen-bond acceptors (Lipinski definition) is 2. The number of aliphatic hydroxyl groups excluding tert-OH is 1. The van der Waals surface area contributed by atoms with Crippen LogP contribution in [0.15, 0.2) is 0 Å². The highest BCUT2D eigenvalue weighted by atomic mass is 16.5. The Morgan fingerprint density at radius 1 is 0.600 bits per heavy atom. The smallest absolute Gasteiger partial charge is 0.0630 e. The zero-order valence-corrected chi connectivity index (χ0v) is 20.4. The van der Waals surface area contributed by atoms with Gasteiger partial charge in [-0.3, -0.25) is 0 Å². The summed E-state index contributed by atoms with van der Waals surface area (Å²) in [6.45, 7) is 3.21. The molecule has 2 heteroatoms. The number of ether oxygens (including phenoxy) is 1. The summed E-state index contributed by atoms with van der Waals surface area (Å²) in [5, 5.41) is 10.1. The highest BCUT2D eigenvalue weighted by molar-refractivity contribution is 4.92. The predicted octanol–water partition coefficient (Wildman–Crippen LogP) is 8.59. The summed E-state index contributed by atoms with van der Waals surface area (Å²) in [7, 11) is 0. The van der Waals surface area contributed by atoms with E-state index in [4.69, 9.17) is 4.74 Å². The molecule has 0 amide bonds. The van der Waals surface area contributed by atoms with Crippen LogP contribution in [-0.2, 0) is 4.74 Å². The van der Waals surface area contributed by atoms with E-state index < -0.39 is 0 Å². The minimum absolute atomic E-state index is 0.0807. The Bertz CT molecular complexity index is 383. The number of fused-ring (bicyclic) bond motifs is 3. The minimum atomic E-state index is -0.0807. The van der Waals surface area contributed by atoms with Crippen LogP contribution in [0.3, 0.4) is 0 Å². The van der Waals surface area contributed by atoms with Gasteiger partial charge in [0.1, 0.15) is 0 Å². The third-order valence-electron chi connectivity index (χ3n) is 7.85. The summed E-state index contributed by atoms with van der Waals surface area (Å²) < 4.78 is 6.16. The van der Waals surface area contributed by atoms with Crippen LogP contribution in [0.4, 0.5) is 0 Å². The Balaban J connectivity index is 1.24. The molecular formula is C28H54O2. The molecule has 4 unspecified atom stereocenters. The molecule has 0 spiro atoms. The van der Waals surface area contributed by atoms with Crippen molar-refractivity contribution in [2.75, 3.05) is 6.61 Å². The Kier molecular flexibility index (Phi) is 15.2. The first-order chi connectivity index (χ1) is 14.8. The first-order valence-corrected chi connectivity index (χ1v) is 14.1. The second-order valence-electron chi connectivity index (χ2n) is 10.6. The summed E-state index contributed by atoms with van der Waals surface area (Å²) in [6.07, 6.45) is 30.6. The van der Waals surface area contributed by atoms with E-state index in [1.54, 1.807) is 0 Å². The fourth-order valence-corrected chi connectivity index (χ4v) is 5.84. The molecule has 4 atom stereocenters. The molecule has 2 bridgehead atoms. The maximum atomic E-state index is 10.1. The van der Waals surface area contributed by atoms with Crippen molar-refractivity contribution in [2.24, 2.45) is 11.8 Å². The maximum Gasteiger partial charge on any atom is 0.0630 e. The van der Waals surface area contributed by atoms with Gasteiger partial charge in [0.05, 0.1) is 12.2 Å². The molecule has 0 aromatic carbocycles. The van der Waals surface area contributed by atoms with Gasteiger partial charge in [-0.1, -0.05) is 116 Å². The molecule has 0 heterocycles. The fourth-order valence-electron chi connectivity index (χ4n) is 5.84. The Morgan fingerprint density at radius 3 is 1.50 bits per heavy atom. The van der Waals surface area contributed by atoms with Gasteiger partial charge in [-0.2, -0.15) is 0 Å². The molecule has 1 N–H and O–H groups in total. The topological polar surface area (TPSA) is 29.5 Å². The SMILES string of the molecule is CCCCCCCCCCCCCCCCCCCCOC1CC2CCC1C(O)C2. The molecule has 178 valence electrons. The van der Waals surface area contributed by atoms with E-state index >= 15 is 0 Å². The quantitative estimate of drug-likeness (QED) is 0.199. The van der Waals surface area contributed by atoms with E-state index in [-0.39, 0.29) is 6.10 Å². The van der Waals surface area contributed by atoms with Crippen molar-refractivity contribution < 1.29 is 9.84 Å². The van der Waals surface area contributed by atoms with Crippen molar-refractivity contribution in [3.8, 4) is 0 Å². The average Bonchev–Trinajstić information content (AvgIpc) is 2.75. The van der Waals surface area contributed by atoms with Crippen molar-refractivity contribution in [3.63, 3.8) is 0 Å². The minimum Gasteiger partial charge on any atom is -0.393 e. The number of unbranched alkanes of at least 4 members (excludes halogenated alkanes) is 17. The second-order valence-corrected chi connectivity index (χ2v) is 10.6. The standard InChI is InChI=1S/C28H54O2/c1-2-3-4-5-6-7-8-9-10-11-12-13-14-15-16-17-18-19-22-30-28-24-25-20-21-26(28)27(29)23-25/h25-29H,2-24H2,1H3. The fraction of sp³-hybridized carbons (Fsp3) is 1.00. The molecule has 0 saturated heterocycles. The monoisotopic (exact) mass is 422 g/mol. The highest BCUT2D eigenvalue weighted by Crippen LogP contribution is 2.42. The van der Waals surface area contributed by atoms with Gasteiger partial charge in [-0.25, -0.2) is 0 Å². The summed E-state index contributed by atoms with van der Waals surface area (Å²) >= 11 is 0. The lowest BCUT2D eigenvalue weighted by Gasteiger charge is -2.45. The van der Waals surface area contributed by atoms with E-state index in [0.717, 1.165) is 18.9 Å². The predicted molar refractivity (Wildman–Crippen MR) is 130 cm³/mol. The van der Waals surface area contributed by atoms with Crippen LogP contribution in [0.5, 0.6) is 0 Å². The van der Waals surface area contributed by atoms with Crippen LogP contribution in [0.25, 0.3) is 0 Å². The van der Waals surface area contributed by atoms with Gasteiger partial charge in [0, 0.05) is 12.5 Å². The van der Waals surface area contributed by atoms with Crippen LogP contribution in [-0.4, -0.2) is 23.9 Å². The Labute approximate surface area is 188 Å². The van der Waals surface area contributed by atoms with Crippen LogP contribution in [0, 0.1) is 11.8 Å². The van der Waals surface area contributed by atoms with Gasteiger partial charge < -0.3 is 9.84 Å². The van der Waals surface area contributed by atoms with E-state index in [1.807, 2.05) is 0 Å². The first-order valence-electron chi connectivity index (χ1n) is 14.1. The number of aliphatic hydroxyl groups is 1. The molecule has 0 aliphatic heterocycles. The lowest BCUT2D eigenvalue weighted by molar-refractivity contribution is -0.111. The maximum absolute atomic E-state index is 10.1. The normalized spacial score (nSPS) is 25.8. The number of rotatable bonds is 20. The molecule has 2 nitrogen and oxygen atoms in total. The molecule has 3 fully saturated rings. The molecule has 0 aromatic heterocycles. The third-order valence-corrected chi connectivity index (χ3v) is 7.85. The molecule has 3 rings (SSSR count). The second kappa shape index (κ2) is 17.5. The lowest BCUT2D eigenvalue weighted by atomic mass is 9.67. The molecular weight excluding hydrogens is 368 g/mol. The van der Waals surface area contributed by atoms with Crippen LogP contribution < -0.4 is 0 Å². The Morgan fingerprint density at radius 2 is 1.07 bits per heavy atom. The molecule has 3 saturated carbocycles. The molecule has 0 radical (unpaired) electrons. The van der Waals surface area contributed by atoms with Gasteiger partial charge in [0.2, 0.25) is 0 Å². The van der Waals surface area contributed by atoms with E-state index in [0.29, 0.717) is 12.0 Å². The Hall–Kier alpha value is -0.0800. The number of hydrogen-bond donors (Lipinski definition) is 1. The summed E-state index contributed by atoms with van der Waals surface area (Å²) in [4.78, 5) is 0.